The molecule has 2 aromatic heterocycles. The highest BCUT2D eigenvalue weighted by Gasteiger charge is 2.19. The SMILES string of the molecule is Cc1sc2nc(CN(C)C)n(CC(=O)Nc3cc(Cl)ccc3Cl)c(=O)c2c1C. The molecule has 1 amide bonds. The molecular weight excluding hydrogens is 419 g/mol. The fraction of sp³-hybridized carbons (Fsp3) is 0.316. The van der Waals surface area contributed by atoms with Crippen molar-refractivity contribution in [2.24, 2.45) is 0 Å². The van der Waals surface area contributed by atoms with Gasteiger partial charge in [-0.2, -0.15) is 0 Å². The molecule has 0 aliphatic rings. The molecular formula is C19H20Cl2N4O2S. The maximum absolute atomic E-state index is 13.2. The zero-order valence-electron chi connectivity index (χ0n) is 16.0. The smallest absolute Gasteiger partial charge is 0.263 e. The first-order chi connectivity index (χ1) is 13.2. The second-order valence-corrected chi connectivity index (χ2v) is 8.84. The van der Waals surface area contributed by atoms with E-state index in [9.17, 15) is 9.59 Å². The third-order valence-corrected chi connectivity index (χ3v) is 6.00. The summed E-state index contributed by atoms with van der Waals surface area (Å²) in [5, 5.41) is 4.12. The number of rotatable bonds is 5. The molecule has 0 atom stereocenters. The number of fused-ring (bicyclic) bond motifs is 1. The maximum atomic E-state index is 13.2. The lowest BCUT2D eigenvalue weighted by Gasteiger charge is -2.16. The molecule has 0 aliphatic heterocycles. The van der Waals surface area contributed by atoms with Crippen LogP contribution in [0.15, 0.2) is 23.0 Å². The number of carbonyl (C=O) groups excluding carboxylic acids is 1. The molecule has 28 heavy (non-hydrogen) atoms. The van der Waals surface area contributed by atoms with Crippen LogP contribution in [0.25, 0.3) is 10.2 Å². The minimum Gasteiger partial charge on any atom is -0.323 e. The predicted molar refractivity (Wildman–Crippen MR) is 116 cm³/mol. The summed E-state index contributed by atoms with van der Waals surface area (Å²) in [5.41, 5.74) is 1.09. The van der Waals surface area contributed by atoms with E-state index in [2.05, 4.69) is 10.3 Å². The zero-order chi connectivity index (χ0) is 20.6. The van der Waals surface area contributed by atoms with E-state index in [1.165, 1.54) is 15.9 Å². The molecule has 0 aliphatic carbocycles. The predicted octanol–water partition coefficient (Wildman–Crippen LogP) is 4.08. The van der Waals surface area contributed by atoms with E-state index in [-0.39, 0.29) is 18.0 Å². The third-order valence-electron chi connectivity index (χ3n) is 4.33. The number of halogens is 2. The van der Waals surface area contributed by atoms with E-state index < -0.39 is 0 Å². The van der Waals surface area contributed by atoms with Crippen LogP contribution < -0.4 is 10.9 Å². The number of benzene rings is 1. The van der Waals surface area contributed by atoms with Gasteiger partial charge < -0.3 is 10.2 Å². The average molecular weight is 439 g/mol. The molecule has 0 saturated heterocycles. The summed E-state index contributed by atoms with van der Waals surface area (Å²) in [6.07, 6.45) is 0. The number of aromatic nitrogens is 2. The van der Waals surface area contributed by atoms with E-state index in [0.717, 1.165) is 10.4 Å². The molecule has 148 valence electrons. The van der Waals surface area contributed by atoms with Gasteiger partial charge in [0.1, 0.15) is 17.2 Å². The Bertz CT molecular complexity index is 1120. The maximum Gasteiger partial charge on any atom is 0.263 e. The van der Waals surface area contributed by atoms with Crippen LogP contribution in [0, 0.1) is 13.8 Å². The topological polar surface area (TPSA) is 67.2 Å². The highest BCUT2D eigenvalue weighted by molar-refractivity contribution is 7.18. The minimum absolute atomic E-state index is 0.165. The Kier molecular flexibility index (Phi) is 6.09. The van der Waals surface area contributed by atoms with Crippen LogP contribution in [0.1, 0.15) is 16.3 Å². The Balaban J connectivity index is 2.01. The Morgan fingerprint density at radius 3 is 2.68 bits per heavy atom. The summed E-state index contributed by atoms with van der Waals surface area (Å²) < 4.78 is 1.43. The van der Waals surface area contributed by atoms with Crippen molar-refractivity contribution in [3.05, 3.63) is 54.9 Å². The van der Waals surface area contributed by atoms with Crippen molar-refractivity contribution in [1.29, 1.82) is 0 Å². The van der Waals surface area contributed by atoms with Gasteiger partial charge in [-0.15, -0.1) is 11.3 Å². The number of carbonyl (C=O) groups is 1. The fourth-order valence-corrected chi connectivity index (χ4v) is 4.24. The number of nitrogens with zero attached hydrogens (tertiary/aromatic N) is 3. The quantitative estimate of drug-likeness (QED) is 0.651. The summed E-state index contributed by atoms with van der Waals surface area (Å²) >= 11 is 13.6. The molecule has 9 heteroatoms. The molecule has 0 unspecified atom stereocenters. The lowest BCUT2D eigenvalue weighted by atomic mass is 10.2. The number of thiophene rings is 1. The molecule has 0 saturated carbocycles. The van der Waals surface area contributed by atoms with E-state index >= 15 is 0 Å². The third kappa shape index (κ3) is 4.22. The van der Waals surface area contributed by atoms with Gasteiger partial charge in [0.2, 0.25) is 5.91 Å². The lowest BCUT2D eigenvalue weighted by molar-refractivity contribution is -0.116. The molecule has 2 heterocycles. The van der Waals surface area contributed by atoms with Crippen LogP contribution in [-0.4, -0.2) is 34.5 Å². The van der Waals surface area contributed by atoms with Crippen LogP contribution >= 0.6 is 34.5 Å². The fourth-order valence-electron chi connectivity index (χ4n) is 2.86. The minimum atomic E-state index is -0.378. The Morgan fingerprint density at radius 2 is 2.00 bits per heavy atom. The van der Waals surface area contributed by atoms with Gasteiger partial charge in [-0.05, 0) is 51.7 Å². The number of anilines is 1. The van der Waals surface area contributed by atoms with Gasteiger partial charge in [0, 0.05) is 9.90 Å². The van der Waals surface area contributed by atoms with Crippen LogP contribution in [0.2, 0.25) is 10.0 Å². The van der Waals surface area contributed by atoms with Crippen molar-refractivity contribution in [2.45, 2.75) is 26.9 Å². The summed E-state index contributed by atoms with van der Waals surface area (Å²) in [6.45, 7) is 4.14. The van der Waals surface area contributed by atoms with Crippen molar-refractivity contribution in [3.8, 4) is 0 Å². The van der Waals surface area contributed by atoms with Crippen molar-refractivity contribution in [2.75, 3.05) is 19.4 Å². The average Bonchev–Trinajstić information content (AvgIpc) is 2.88. The number of amides is 1. The summed E-state index contributed by atoms with van der Waals surface area (Å²) in [4.78, 5) is 34.1. The Labute approximate surface area is 176 Å². The number of nitrogens with one attached hydrogen (secondary N) is 1. The Hall–Kier alpha value is -1.93. The first-order valence-electron chi connectivity index (χ1n) is 8.56. The molecule has 1 aromatic carbocycles. The van der Waals surface area contributed by atoms with Gasteiger partial charge in [0.05, 0.1) is 22.6 Å². The normalized spacial score (nSPS) is 11.4. The summed E-state index contributed by atoms with van der Waals surface area (Å²) in [5.74, 6) is 0.160. The molecule has 0 fully saturated rings. The Morgan fingerprint density at radius 1 is 1.29 bits per heavy atom. The van der Waals surface area contributed by atoms with Gasteiger partial charge in [-0.1, -0.05) is 23.2 Å². The second-order valence-electron chi connectivity index (χ2n) is 6.79. The van der Waals surface area contributed by atoms with E-state index in [0.29, 0.717) is 38.3 Å². The first kappa shape index (κ1) is 20.8. The van der Waals surface area contributed by atoms with Crippen molar-refractivity contribution < 1.29 is 4.79 Å². The standard InChI is InChI=1S/C19H20Cl2N4O2S/c1-10-11(2)28-18-17(10)19(27)25(15(23-18)8-24(3)4)9-16(26)22-14-7-12(20)5-6-13(14)21/h5-7H,8-9H2,1-4H3,(H,22,26). The van der Waals surface area contributed by atoms with Gasteiger partial charge in [-0.3, -0.25) is 14.2 Å². The van der Waals surface area contributed by atoms with Gasteiger partial charge in [-0.25, -0.2) is 4.98 Å². The summed E-state index contributed by atoms with van der Waals surface area (Å²) in [7, 11) is 3.77. The molecule has 3 rings (SSSR count). The highest BCUT2D eigenvalue weighted by atomic mass is 35.5. The number of hydrogen-bond donors (Lipinski definition) is 1. The van der Waals surface area contributed by atoms with Crippen LogP contribution in [0.5, 0.6) is 0 Å². The van der Waals surface area contributed by atoms with Crippen LogP contribution in [0.4, 0.5) is 5.69 Å². The van der Waals surface area contributed by atoms with Gasteiger partial charge >= 0.3 is 0 Å². The van der Waals surface area contributed by atoms with Crippen LogP contribution in [-0.2, 0) is 17.9 Å². The lowest BCUT2D eigenvalue weighted by Crippen LogP contribution is -2.33. The van der Waals surface area contributed by atoms with E-state index in [1.807, 2.05) is 32.8 Å². The van der Waals surface area contributed by atoms with E-state index in [1.54, 1.807) is 18.2 Å². The molecule has 0 bridgehead atoms. The highest BCUT2D eigenvalue weighted by Crippen LogP contribution is 2.27. The molecule has 0 radical (unpaired) electrons. The molecule has 6 nitrogen and oxygen atoms in total. The first-order valence-corrected chi connectivity index (χ1v) is 10.1. The number of hydrogen-bond acceptors (Lipinski definition) is 5. The van der Waals surface area contributed by atoms with Crippen LogP contribution in [0.3, 0.4) is 0 Å². The monoisotopic (exact) mass is 438 g/mol. The molecule has 1 N–H and O–H groups in total. The number of aryl methyl sites for hydroxylation is 2. The van der Waals surface area contributed by atoms with Crippen molar-refractivity contribution in [3.63, 3.8) is 0 Å². The molecule has 0 spiro atoms. The van der Waals surface area contributed by atoms with Gasteiger partial charge in [0.25, 0.3) is 5.56 Å². The zero-order valence-corrected chi connectivity index (χ0v) is 18.3. The molecule has 3 aromatic rings. The largest absolute Gasteiger partial charge is 0.323 e. The van der Waals surface area contributed by atoms with Crippen molar-refractivity contribution >= 4 is 56.3 Å². The summed E-state index contributed by atoms with van der Waals surface area (Å²) in [6, 6.07) is 4.81. The second kappa shape index (κ2) is 8.21. The van der Waals surface area contributed by atoms with E-state index in [4.69, 9.17) is 23.2 Å². The van der Waals surface area contributed by atoms with Crippen molar-refractivity contribution in [1.82, 2.24) is 14.5 Å². The van der Waals surface area contributed by atoms with Gasteiger partial charge in [0.15, 0.2) is 0 Å².